The molecule has 0 aliphatic heterocycles. The zero-order valence-electron chi connectivity index (χ0n) is 16.2. The van der Waals surface area contributed by atoms with Crippen LogP contribution in [0.1, 0.15) is 15.2 Å². The fraction of sp³-hybridized carbons (Fsp3) is 0.238. The second kappa shape index (κ2) is 9.23. The van der Waals surface area contributed by atoms with Crippen molar-refractivity contribution in [1.82, 2.24) is 10.3 Å². The van der Waals surface area contributed by atoms with Gasteiger partial charge in [-0.15, -0.1) is 0 Å². The monoisotopic (exact) mass is 396 g/mol. The maximum absolute atomic E-state index is 12.3. The molecule has 7 heteroatoms. The van der Waals surface area contributed by atoms with Crippen molar-refractivity contribution >= 4 is 33.8 Å². The SMILES string of the molecule is COc1ccc(CCNC(=O)c2cnc(Nc3cccc(N(C)C)c3)s2)cc1. The Labute approximate surface area is 169 Å². The summed E-state index contributed by atoms with van der Waals surface area (Å²) >= 11 is 1.34. The molecule has 0 bridgehead atoms. The summed E-state index contributed by atoms with van der Waals surface area (Å²) in [6.45, 7) is 0.566. The highest BCUT2D eigenvalue weighted by Crippen LogP contribution is 2.25. The molecule has 1 heterocycles. The third-order valence-corrected chi connectivity index (χ3v) is 5.11. The van der Waals surface area contributed by atoms with Crippen LogP contribution in [0.4, 0.5) is 16.5 Å². The number of methoxy groups -OCH3 is 1. The number of thiazole rings is 1. The molecular formula is C21H24N4O2S. The van der Waals surface area contributed by atoms with E-state index in [4.69, 9.17) is 4.74 Å². The lowest BCUT2D eigenvalue weighted by Crippen LogP contribution is -2.24. The molecule has 2 N–H and O–H groups in total. The summed E-state index contributed by atoms with van der Waals surface area (Å²) in [7, 11) is 5.64. The van der Waals surface area contributed by atoms with Crippen molar-refractivity contribution in [2.45, 2.75) is 6.42 Å². The van der Waals surface area contributed by atoms with Crippen LogP contribution in [0, 0.1) is 0 Å². The number of aromatic nitrogens is 1. The molecule has 146 valence electrons. The molecule has 0 unspecified atom stereocenters. The molecule has 0 radical (unpaired) electrons. The molecule has 28 heavy (non-hydrogen) atoms. The number of benzene rings is 2. The number of carbonyl (C=O) groups excluding carboxylic acids is 1. The normalized spacial score (nSPS) is 10.4. The number of rotatable bonds is 8. The van der Waals surface area contributed by atoms with Gasteiger partial charge in [-0.2, -0.15) is 0 Å². The molecule has 3 aromatic rings. The van der Waals surface area contributed by atoms with Gasteiger partial charge in [0.15, 0.2) is 5.13 Å². The third-order valence-electron chi connectivity index (χ3n) is 4.20. The zero-order chi connectivity index (χ0) is 19.9. The molecule has 3 rings (SSSR count). The quantitative estimate of drug-likeness (QED) is 0.604. The van der Waals surface area contributed by atoms with E-state index in [-0.39, 0.29) is 5.91 Å². The van der Waals surface area contributed by atoms with Gasteiger partial charge in [0.1, 0.15) is 10.6 Å². The average molecular weight is 397 g/mol. The lowest BCUT2D eigenvalue weighted by atomic mass is 10.1. The second-order valence-corrected chi connectivity index (χ2v) is 7.48. The lowest BCUT2D eigenvalue weighted by Gasteiger charge is -2.13. The highest BCUT2D eigenvalue weighted by atomic mass is 32.1. The van der Waals surface area contributed by atoms with Crippen molar-refractivity contribution in [3.05, 3.63) is 65.2 Å². The second-order valence-electron chi connectivity index (χ2n) is 6.45. The van der Waals surface area contributed by atoms with Gasteiger partial charge in [-0.25, -0.2) is 4.98 Å². The summed E-state index contributed by atoms with van der Waals surface area (Å²) < 4.78 is 5.15. The summed E-state index contributed by atoms with van der Waals surface area (Å²) in [6, 6.07) is 15.9. The molecule has 0 atom stereocenters. The number of hydrogen-bond acceptors (Lipinski definition) is 6. The first kappa shape index (κ1) is 19.7. The summed E-state index contributed by atoms with van der Waals surface area (Å²) in [4.78, 5) is 19.3. The zero-order valence-corrected chi connectivity index (χ0v) is 17.0. The Bertz CT molecular complexity index is 922. The van der Waals surface area contributed by atoms with Crippen LogP contribution in [0.5, 0.6) is 5.75 Å². The fourth-order valence-corrected chi connectivity index (χ4v) is 3.37. The van der Waals surface area contributed by atoms with Crippen LogP contribution in [0.25, 0.3) is 0 Å². The minimum atomic E-state index is -0.110. The maximum atomic E-state index is 12.3. The van der Waals surface area contributed by atoms with Gasteiger partial charge in [0.05, 0.1) is 13.3 Å². The van der Waals surface area contributed by atoms with E-state index < -0.39 is 0 Å². The molecule has 2 aromatic carbocycles. The van der Waals surface area contributed by atoms with E-state index in [9.17, 15) is 4.79 Å². The summed E-state index contributed by atoms with van der Waals surface area (Å²) in [6.07, 6.45) is 2.36. The molecule has 0 aliphatic rings. The van der Waals surface area contributed by atoms with E-state index in [1.54, 1.807) is 13.3 Å². The highest BCUT2D eigenvalue weighted by molar-refractivity contribution is 7.17. The number of nitrogens with zero attached hydrogens (tertiary/aromatic N) is 2. The lowest BCUT2D eigenvalue weighted by molar-refractivity contribution is 0.0958. The van der Waals surface area contributed by atoms with Crippen LogP contribution in [0.2, 0.25) is 0 Å². The van der Waals surface area contributed by atoms with Gasteiger partial charge in [-0.05, 0) is 42.3 Å². The number of hydrogen-bond donors (Lipinski definition) is 2. The van der Waals surface area contributed by atoms with Gasteiger partial charge in [0.2, 0.25) is 0 Å². The van der Waals surface area contributed by atoms with Gasteiger partial charge < -0.3 is 20.3 Å². The van der Waals surface area contributed by atoms with E-state index in [1.807, 2.05) is 67.5 Å². The van der Waals surface area contributed by atoms with Gasteiger partial charge in [0, 0.05) is 32.0 Å². The predicted molar refractivity (Wildman–Crippen MR) is 115 cm³/mol. The largest absolute Gasteiger partial charge is 0.497 e. The van der Waals surface area contributed by atoms with E-state index in [0.717, 1.165) is 29.1 Å². The molecule has 0 spiro atoms. The van der Waals surface area contributed by atoms with Gasteiger partial charge in [0.25, 0.3) is 5.91 Å². The van der Waals surface area contributed by atoms with Crippen molar-refractivity contribution in [3.63, 3.8) is 0 Å². The standard InChI is InChI=1S/C21H24N4O2S/c1-25(2)17-6-4-5-16(13-17)24-21-23-14-19(28-21)20(26)22-12-11-15-7-9-18(27-3)10-8-15/h4-10,13-14H,11-12H2,1-3H3,(H,22,26)(H,23,24). The molecule has 0 fully saturated rings. The topological polar surface area (TPSA) is 66.5 Å². The molecule has 1 aromatic heterocycles. The van der Waals surface area contributed by atoms with E-state index in [0.29, 0.717) is 16.6 Å². The average Bonchev–Trinajstić information content (AvgIpc) is 3.17. The van der Waals surface area contributed by atoms with Crippen molar-refractivity contribution in [1.29, 1.82) is 0 Å². The van der Waals surface area contributed by atoms with Crippen molar-refractivity contribution in [2.24, 2.45) is 0 Å². The number of anilines is 3. The maximum Gasteiger partial charge on any atom is 0.263 e. The highest BCUT2D eigenvalue weighted by Gasteiger charge is 2.10. The fourth-order valence-electron chi connectivity index (χ4n) is 2.62. The Morgan fingerprint density at radius 1 is 1.18 bits per heavy atom. The van der Waals surface area contributed by atoms with Crippen molar-refractivity contribution in [2.75, 3.05) is 38.0 Å². The van der Waals surface area contributed by atoms with E-state index in [2.05, 4.69) is 15.6 Å². The van der Waals surface area contributed by atoms with Crippen LogP contribution in [-0.2, 0) is 6.42 Å². The Morgan fingerprint density at radius 3 is 2.68 bits per heavy atom. The van der Waals surface area contributed by atoms with Crippen molar-refractivity contribution < 1.29 is 9.53 Å². The first-order valence-electron chi connectivity index (χ1n) is 8.96. The minimum absolute atomic E-state index is 0.110. The summed E-state index contributed by atoms with van der Waals surface area (Å²) in [5, 5.41) is 6.89. The molecular weight excluding hydrogens is 372 g/mol. The number of nitrogens with one attached hydrogen (secondary N) is 2. The molecule has 0 saturated heterocycles. The molecule has 6 nitrogen and oxygen atoms in total. The van der Waals surface area contributed by atoms with E-state index in [1.165, 1.54) is 11.3 Å². The number of carbonyl (C=O) groups is 1. The third kappa shape index (κ3) is 5.23. The van der Waals surface area contributed by atoms with Crippen LogP contribution in [0.3, 0.4) is 0 Å². The van der Waals surface area contributed by atoms with Crippen LogP contribution < -0.4 is 20.3 Å². The molecule has 0 saturated carbocycles. The van der Waals surface area contributed by atoms with Gasteiger partial charge in [-0.3, -0.25) is 4.79 Å². The first-order valence-corrected chi connectivity index (χ1v) is 9.78. The van der Waals surface area contributed by atoms with Gasteiger partial charge in [-0.1, -0.05) is 29.5 Å². The van der Waals surface area contributed by atoms with E-state index >= 15 is 0 Å². The minimum Gasteiger partial charge on any atom is -0.497 e. The predicted octanol–water partition coefficient (Wildman–Crippen LogP) is 3.93. The molecule has 1 amide bonds. The smallest absolute Gasteiger partial charge is 0.263 e. The Hall–Kier alpha value is -3.06. The summed E-state index contributed by atoms with van der Waals surface area (Å²) in [5.74, 6) is 0.717. The van der Waals surface area contributed by atoms with Crippen LogP contribution >= 0.6 is 11.3 Å². The number of ether oxygens (including phenoxy) is 1. The van der Waals surface area contributed by atoms with Crippen LogP contribution in [0.15, 0.2) is 54.7 Å². The summed E-state index contributed by atoms with van der Waals surface area (Å²) in [5.41, 5.74) is 3.18. The van der Waals surface area contributed by atoms with Crippen LogP contribution in [-0.4, -0.2) is 38.6 Å². The Morgan fingerprint density at radius 2 is 1.96 bits per heavy atom. The van der Waals surface area contributed by atoms with Gasteiger partial charge >= 0.3 is 0 Å². The van der Waals surface area contributed by atoms with Crippen molar-refractivity contribution in [3.8, 4) is 5.75 Å². The molecule has 0 aliphatic carbocycles. The number of amides is 1. The first-order chi connectivity index (χ1) is 13.5. The Kier molecular flexibility index (Phi) is 6.49. The Balaban J connectivity index is 1.52.